The standard InChI is InChI=1S/C18H21NO4/c1-3-10-18(2,17(21)22)19-16(20)12-23-15-9-8-13-6-4-5-7-14(13)11-15/h4-9,11H,3,10,12H2,1-2H3,(H,19,20)(H,21,22). The van der Waals surface area contributed by atoms with Crippen molar-refractivity contribution in [3.63, 3.8) is 0 Å². The van der Waals surface area contributed by atoms with Crippen LogP contribution >= 0.6 is 0 Å². The first-order valence-electron chi connectivity index (χ1n) is 7.60. The van der Waals surface area contributed by atoms with Gasteiger partial charge < -0.3 is 15.2 Å². The predicted molar refractivity (Wildman–Crippen MR) is 88.5 cm³/mol. The second-order valence-electron chi connectivity index (χ2n) is 5.73. The number of aliphatic carboxylic acids is 1. The topological polar surface area (TPSA) is 75.6 Å². The second-order valence-corrected chi connectivity index (χ2v) is 5.73. The van der Waals surface area contributed by atoms with Crippen LogP contribution in [-0.2, 0) is 9.59 Å². The Morgan fingerprint density at radius 1 is 1.17 bits per heavy atom. The van der Waals surface area contributed by atoms with Crippen molar-refractivity contribution in [3.05, 3.63) is 42.5 Å². The van der Waals surface area contributed by atoms with Gasteiger partial charge in [-0.15, -0.1) is 0 Å². The first-order valence-corrected chi connectivity index (χ1v) is 7.60. The van der Waals surface area contributed by atoms with E-state index in [1.165, 1.54) is 6.92 Å². The molecule has 5 nitrogen and oxygen atoms in total. The molecule has 23 heavy (non-hydrogen) atoms. The number of carbonyl (C=O) groups excluding carboxylic acids is 1. The first-order chi connectivity index (χ1) is 10.9. The van der Waals surface area contributed by atoms with Gasteiger partial charge in [0.25, 0.3) is 5.91 Å². The maximum atomic E-state index is 12.0. The lowest BCUT2D eigenvalue weighted by Crippen LogP contribution is -2.53. The molecule has 122 valence electrons. The van der Waals surface area contributed by atoms with E-state index in [9.17, 15) is 14.7 Å². The summed E-state index contributed by atoms with van der Waals surface area (Å²) in [6, 6.07) is 13.4. The minimum atomic E-state index is -1.27. The van der Waals surface area contributed by atoms with E-state index in [0.29, 0.717) is 18.6 Å². The molecule has 0 spiro atoms. The molecule has 0 bridgehead atoms. The zero-order valence-corrected chi connectivity index (χ0v) is 13.3. The molecule has 0 fully saturated rings. The van der Waals surface area contributed by atoms with Crippen LogP contribution in [0.5, 0.6) is 5.75 Å². The summed E-state index contributed by atoms with van der Waals surface area (Å²) >= 11 is 0. The summed E-state index contributed by atoms with van der Waals surface area (Å²) in [5.74, 6) is -0.915. The summed E-state index contributed by atoms with van der Waals surface area (Å²) in [5.41, 5.74) is -1.27. The van der Waals surface area contributed by atoms with E-state index in [2.05, 4.69) is 5.32 Å². The second kappa shape index (κ2) is 7.13. The van der Waals surface area contributed by atoms with Crippen molar-refractivity contribution < 1.29 is 19.4 Å². The third kappa shape index (κ3) is 4.22. The van der Waals surface area contributed by atoms with Gasteiger partial charge in [-0.25, -0.2) is 4.79 Å². The Kier molecular flexibility index (Phi) is 5.21. The molecule has 0 saturated carbocycles. The van der Waals surface area contributed by atoms with Gasteiger partial charge in [0.1, 0.15) is 11.3 Å². The molecule has 2 aromatic rings. The van der Waals surface area contributed by atoms with Crippen LogP contribution in [0.25, 0.3) is 10.8 Å². The van der Waals surface area contributed by atoms with Crippen molar-refractivity contribution in [1.82, 2.24) is 5.32 Å². The number of nitrogens with one attached hydrogen (secondary N) is 1. The monoisotopic (exact) mass is 315 g/mol. The fourth-order valence-electron chi connectivity index (χ4n) is 2.47. The summed E-state index contributed by atoms with van der Waals surface area (Å²) in [5, 5.41) is 13.9. The lowest BCUT2D eigenvalue weighted by atomic mass is 9.96. The highest BCUT2D eigenvalue weighted by molar-refractivity contribution is 5.87. The molecule has 0 aliphatic carbocycles. The highest BCUT2D eigenvalue weighted by atomic mass is 16.5. The number of hydrogen-bond acceptors (Lipinski definition) is 3. The Morgan fingerprint density at radius 3 is 2.52 bits per heavy atom. The van der Waals surface area contributed by atoms with E-state index in [4.69, 9.17) is 4.74 Å². The van der Waals surface area contributed by atoms with Gasteiger partial charge in [0.05, 0.1) is 0 Å². The Hall–Kier alpha value is -2.56. The molecule has 2 N–H and O–H groups in total. The van der Waals surface area contributed by atoms with Gasteiger partial charge in [-0.2, -0.15) is 0 Å². The van der Waals surface area contributed by atoms with E-state index in [-0.39, 0.29) is 6.61 Å². The molecule has 5 heteroatoms. The minimum absolute atomic E-state index is 0.217. The first kappa shape index (κ1) is 16.8. The fourth-order valence-corrected chi connectivity index (χ4v) is 2.47. The summed E-state index contributed by atoms with van der Waals surface area (Å²) in [7, 11) is 0. The molecule has 0 aromatic heterocycles. The summed E-state index contributed by atoms with van der Waals surface area (Å²) < 4.78 is 5.47. The van der Waals surface area contributed by atoms with Gasteiger partial charge in [-0.1, -0.05) is 43.7 Å². The van der Waals surface area contributed by atoms with Crippen LogP contribution in [0, 0.1) is 0 Å². The summed E-state index contributed by atoms with van der Waals surface area (Å²) in [4.78, 5) is 23.3. The summed E-state index contributed by atoms with van der Waals surface area (Å²) in [6.07, 6.45) is 1.03. The smallest absolute Gasteiger partial charge is 0.329 e. The summed E-state index contributed by atoms with van der Waals surface area (Å²) in [6.45, 7) is 3.16. The van der Waals surface area contributed by atoms with Crippen LogP contribution in [0.15, 0.2) is 42.5 Å². The van der Waals surface area contributed by atoms with Crippen LogP contribution in [0.3, 0.4) is 0 Å². The molecule has 0 heterocycles. The Balaban J connectivity index is 1.98. The molecule has 1 amide bonds. The zero-order chi connectivity index (χ0) is 16.9. The molecule has 1 atom stereocenters. The molecule has 0 radical (unpaired) electrons. The third-order valence-corrected chi connectivity index (χ3v) is 3.73. The average Bonchev–Trinajstić information content (AvgIpc) is 2.52. The lowest BCUT2D eigenvalue weighted by Gasteiger charge is -2.25. The molecular formula is C18H21NO4. The van der Waals surface area contributed by atoms with Gasteiger partial charge in [0, 0.05) is 0 Å². The van der Waals surface area contributed by atoms with Crippen molar-refractivity contribution in [2.45, 2.75) is 32.2 Å². The molecule has 0 aliphatic heterocycles. The van der Waals surface area contributed by atoms with E-state index < -0.39 is 17.4 Å². The van der Waals surface area contributed by atoms with Gasteiger partial charge in [-0.3, -0.25) is 4.79 Å². The Labute approximate surface area is 135 Å². The highest BCUT2D eigenvalue weighted by Gasteiger charge is 2.33. The van der Waals surface area contributed by atoms with Gasteiger partial charge >= 0.3 is 5.97 Å². The molecule has 2 rings (SSSR count). The largest absolute Gasteiger partial charge is 0.484 e. The van der Waals surface area contributed by atoms with Crippen LogP contribution in [0.2, 0.25) is 0 Å². The lowest BCUT2D eigenvalue weighted by molar-refractivity contribution is -0.147. The Bertz CT molecular complexity index is 713. The van der Waals surface area contributed by atoms with Gasteiger partial charge in [0.2, 0.25) is 0 Å². The van der Waals surface area contributed by atoms with Crippen LogP contribution in [0.4, 0.5) is 0 Å². The van der Waals surface area contributed by atoms with Crippen molar-refractivity contribution in [2.24, 2.45) is 0 Å². The van der Waals surface area contributed by atoms with E-state index in [1.54, 1.807) is 6.07 Å². The molecular weight excluding hydrogens is 294 g/mol. The fraction of sp³-hybridized carbons (Fsp3) is 0.333. The number of hydrogen-bond donors (Lipinski definition) is 2. The molecule has 0 aliphatic rings. The SMILES string of the molecule is CCCC(C)(NC(=O)COc1ccc2ccccc2c1)C(=O)O. The number of carboxylic acids is 1. The van der Waals surface area contributed by atoms with E-state index in [1.807, 2.05) is 43.3 Å². The van der Waals surface area contributed by atoms with Crippen LogP contribution in [0.1, 0.15) is 26.7 Å². The molecule has 1 unspecified atom stereocenters. The van der Waals surface area contributed by atoms with Crippen LogP contribution in [-0.4, -0.2) is 29.1 Å². The number of ether oxygens (including phenoxy) is 1. The minimum Gasteiger partial charge on any atom is -0.484 e. The van der Waals surface area contributed by atoms with E-state index in [0.717, 1.165) is 10.8 Å². The molecule has 2 aromatic carbocycles. The van der Waals surface area contributed by atoms with Gasteiger partial charge in [0.15, 0.2) is 6.61 Å². The number of carbonyl (C=O) groups is 2. The van der Waals surface area contributed by atoms with E-state index >= 15 is 0 Å². The number of rotatable bonds is 7. The number of amides is 1. The van der Waals surface area contributed by atoms with Crippen LogP contribution < -0.4 is 10.1 Å². The Morgan fingerprint density at radius 2 is 1.87 bits per heavy atom. The van der Waals surface area contributed by atoms with Crippen molar-refractivity contribution in [1.29, 1.82) is 0 Å². The number of benzene rings is 2. The maximum Gasteiger partial charge on any atom is 0.329 e. The van der Waals surface area contributed by atoms with Crippen molar-refractivity contribution in [3.8, 4) is 5.75 Å². The average molecular weight is 315 g/mol. The molecule has 0 saturated heterocycles. The number of fused-ring (bicyclic) bond motifs is 1. The van der Waals surface area contributed by atoms with Gasteiger partial charge in [-0.05, 0) is 36.2 Å². The predicted octanol–water partition coefficient (Wildman–Crippen LogP) is 2.98. The van der Waals surface area contributed by atoms with Crippen molar-refractivity contribution in [2.75, 3.05) is 6.61 Å². The van der Waals surface area contributed by atoms with Crippen molar-refractivity contribution >= 4 is 22.6 Å². The number of carboxylic acid groups (broad SMARTS) is 1. The third-order valence-electron chi connectivity index (χ3n) is 3.73. The zero-order valence-electron chi connectivity index (χ0n) is 13.3. The normalized spacial score (nSPS) is 13.3. The quantitative estimate of drug-likeness (QED) is 0.823. The maximum absolute atomic E-state index is 12.0. The highest BCUT2D eigenvalue weighted by Crippen LogP contribution is 2.20.